The number of nitrogens with zero attached hydrogens (tertiary/aromatic N) is 2. The molecule has 21 heavy (non-hydrogen) atoms. The average Bonchev–Trinajstić information content (AvgIpc) is 2.49. The highest BCUT2D eigenvalue weighted by Gasteiger charge is 2.08. The first-order valence-electron chi connectivity index (χ1n) is 7.24. The third kappa shape index (κ3) is 6.50. The van der Waals surface area contributed by atoms with Gasteiger partial charge in [-0.05, 0) is 18.9 Å². The van der Waals surface area contributed by atoms with E-state index in [2.05, 4.69) is 10.4 Å². The maximum atomic E-state index is 11.9. The van der Waals surface area contributed by atoms with E-state index in [1.54, 1.807) is 0 Å². The van der Waals surface area contributed by atoms with Crippen LogP contribution in [0.2, 0.25) is 0 Å². The molecule has 118 valence electrons. The zero-order valence-corrected chi connectivity index (χ0v) is 12.4. The third-order valence-corrected chi connectivity index (χ3v) is 2.81. The van der Waals surface area contributed by atoms with Crippen LogP contribution in [0.4, 0.5) is 0 Å². The molecule has 0 bridgehead atoms. The van der Waals surface area contributed by atoms with Crippen molar-refractivity contribution < 1.29 is 14.6 Å². The molecule has 0 aliphatic heterocycles. The van der Waals surface area contributed by atoms with E-state index in [-0.39, 0.29) is 23.8 Å². The van der Waals surface area contributed by atoms with Gasteiger partial charge in [-0.15, -0.1) is 0 Å². The smallest absolute Gasteiger partial charge is 0.271 e. The molecule has 1 aromatic heterocycles. The highest BCUT2D eigenvalue weighted by atomic mass is 16.5. The van der Waals surface area contributed by atoms with Gasteiger partial charge in [-0.25, -0.2) is 4.68 Å². The molecular weight excluding hydrogens is 274 g/mol. The third-order valence-electron chi connectivity index (χ3n) is 2.81. The number of hydrogen-bond donors (Lipinski definition) is 2. The SMILES string of the molecule is CCCCn1nc(C(=O)NCCCOCCO)ccc1=O. The Morgan fingerprint density at radius 3 is 2.90 bits per heavy atom. The summed E-state index contributed by atoms with van der Waals surface area (Å²) in [4.78, 5) is 23.5. The lowest BCUT2D eigenvalue weighted by Crippen LogP contribution is -2.30. The summed E-state index contributed by atoms with van der Waals surface area (Å²) < 4.78 is 6.41. The minimum Gasteiger partial charge on any atom is -0.394 e. The lowest BCUT2D eigenvalue weighted by atomic mass is 10.3. The van der Waals surface area contributed by atoms with Crippen molar-refractivity contribution in [1.29, 1.82) is 0 Å². The number of aliphatic hydroxyl groups is 1. The van der Waals surface area contributed by atoms with Gasteiger partial charge in [0.1, 0.15) is 5.69 Å². The molecule has 0 aromatic carbocycles. The Bertz CT molecular complexity index is 487. The lowest BCUT2D eigenvalue weighted by Gasteiger charge is -2.07. The molecule has 1 amide bonds. The molecule has 1 heterocycles. The summed E-state index contributed by atoms with van der Waals surface area (Å²) in [5, 5.41) is 15.3. The molecule has 0 saturated heterocycles. The lowest BCUT2D eigenvalue weighted by molar-refractivity contribution is 0.0864. The number of aliphatic hydroxyl groups excluding tert-OH is 1. The fourth-order valence-electron chi connectivity index (χ4n) is 1.67. The minimum atomic E-state index is -0.303. The first-order valence-corrected chi connectivity index (χ1v) is 7.24. The second kappa shape index (κ2) is 10.1. The number of carbonyl (C=O) groups is 1. The van der Waals surface area contributed by atoms with E-state index >= 15 is 0 Å². The molecule has 2 N–H and O–H groups in total. The van der Waals surface area contributed by atoms with Gasteiger partial charge in [0.25, 0.3) is 11.5 Å². The molecule has 0 aliphatic carbocycles. The van der Waals surface area contributed by atoms with Crippen molar-refractivity contribution in [2.75, 3.05) is 26.4 Å². The zero-order valence-electron chi connectivity index (χ0n) is 12.4. The van der Waals surface area contributed by atoms with Crippen LogP contribution in [0.1, 0.15) is 36.7 Å². The molecule has 7 heteroatoms. The molecule has 7 nitrogen and oxygen atoms in total. The number of rotatable bonds is 10. The van der Waals surface area contributed by atoms with Crippen LogP contribution in [0, 0.1) is 0 Å². The van der Waals surface area contributed by atoms with Crippen molar-refractivity contribution in [2.45, 2.75) is 32.7 Å². The van der Waals surface area contributed by atoms with E-state index in [1.165, 1.54) is 16.8 Å². The number of nitrogens with one attached hydrogen (secondary N) is 1. The van der Waals surface area contributed by atoms with Gasteiger partial charge in [-0.3, -0.25) is 9.59 Å². The van der Waals surface area contributed by atoms with E-state index < -0.39 is 0 Å². The fraction of sp³-hybridized carbons (Fsp3) is 0.643. The summed E-state index contributed by atoms with van der Waals surface area (Å²) in [6.07, 6.45) is 2.46. The van der Waals surface area contributed by atoms with Crippen LogP contribution >= 0.6 is 0 Å². The average molecular weight is 297 g/mol. The van der Waals surface area contributed by atoms with Gasteiger partial charge in [0.05, 0.1) is 13.2 Å². The fourth-order valence-corrected chi connectivity index (χ4v) is 1.67. The second-order valence-corrected chi connectivity index (χ2v) is 4.58. The Balaban J connectivity index is 2.44. The monoisotopic (exact) mass is 297 g/mol. The van der Waals surface area contributed by atoms with Gasteiger partial charge in [-0.1, -0.05) is 13.3 Å². The van der Waals surface area contributed by atoms with Crippen LogP contribution in [0.25, 0.3) is 0 Å². The first-order chi connectivity index (χ1) is 10.2. The normalized spacial score (nSPS) is 10.6. The Labute approximate surface area is 123 Å². The number of aryl methyl sites for hydroxylation is 1. The quantitative estimate of drug-likeness (QED) is 0.601. The summed E-state index contributed by atoms with van der Waals surface area (Å²) >= 11 is 0. The van der Waals surface area contributed by atoms with Crippen molar-refractivity contribution in [3.05, 3.63) is 28.2 Å². The Morgan fingerprint density at radius 1 is 1.38 bits per heavy atom. The number of unbranched alkanes of at least 4 members (excludes halogenated alkanes) is 1. The summed E-state index contributed by atoms with van der Waals surface area (Å²) in [7, 11) is 0. The van der Waals surface area contributed by atoms with E-state index in [4.69, 9.17) is 9.84 Å². The topological polar surface area (TPSA) is 93.5 Å². The van der Waals surface area contributed by atoms with Crippen molar-refractivity contribution in [1.82, 2.24) is 15.1 Å². The van der Waals surface area contributed by atoms with E-state index in [1.807, 2.05) is 6.92 Å². The predicted molar refractivity (Wildman–Crippen MR) is 78.3 cm³/mol. The zero-order chi connectivity index (χ0) is 15.5. The highest BCUT2D eigenvalue weighted by Crippen LogP contribution is 1.94. The molecule has 0 saturated carbocycles. The summed E-state index contributed by atoms with van der Waals surface area (Å²) in [6.45, 7) is 3.78. The number of carbonyl (C=O) groups excluding carboxylic acids is 1. The molecule has 0 unspecified atom stereocenters. The Kier molecular flexibility index (Phi) is 8.30. The molecule has 0 atom stereocenters. The molecule has 0 radical (unpaired) electrons. The van der Waals surface area contributed by atoms with Crippen molar-refractivity contribution in [3.63, 3.8) is 0 Å². The van der Waals surface area contributed by atoms with Crippen LogP contribution in [-0.4, -0.2) is 47.2 Å². The van der Waals surface area contributed by atoms with Crippen LogP contribution in [0.5, 0.6) is 0 Å². The second-order valence-electron chi connectivity index (χ2n) is 4.58. The molecule has 0 aliphatic rings. The Hall–Kier alpha value is -1.73. The number of amides is 1. The largest absolute Gasteiger partial charge is 0.394 e. The number of aromatic nitrogens is 2. The molecular formula is C14H23N3O4. The van der Waals surface area contributed by atoms with Crippen LogP contribution in [0.3, 0.4) is 0 Å². The van der Waals surface area contributed by atoms with E-state index in [0.717, 1.165) is 12.8 Å². The van der Waals surface area contributed by atoms with Gasteiger partial charge in [0.15, 0.2) is 0 Å². The van der Waals surface area contributed by atoms with Crippen LogP contribution in [-0.2, 0) is 11.3 Å². The predicted octanol–water partition coefficient (Wildman–Crippen LogP) is 0.172. The maximum absolute atomic E-state index is 11.9. The number of ether oxygens (including phenoxy) is 1. The van der Waals surface area contributed by atoms with Gasteiger partial charge < -0.3 is 15.2 Å². The molecule has 1 aromatic rings. The minimum absolute atomic E-state index is 0.00438. The highest BCUT2D eigenvalue weighted by molar-refractivity contribution is 5.91. The van der Waals surface area contributed by atoms with Crippen molar-refractivity contribution >= 4 is 5.91 Å². The Morgan fingerprint density at radius 2 is 2.19 bits per heavy atom. The van der Waals surface area contributed by atoms with Crippen molar-refractivity contribution in [2.24, 2.45) is 0 Å². The molecule has 1 rings (SSSR count). The molecule has 0 fully saturated rings. The maximum Gasteiger partial charge on any atom is 0.271 e. The van der Waals surface area contributed by atoms with Gasteiger partial charge in [0.2, 0.25) is 0 Å². The van der Waals surface area contributed by atoms with Gasteiger partial charge in [0, 0.05) is 25.8 Å². The summed E-state index contributed by atoms with van der Waals surface area (Å²) in [5.74, 6) is -0.303. The van der Waals surface area contributed by atoms with Crippen molar-refractivity contribution in [3.8, 4) is 0 Å². The first kappa shape index (κ1) is 17.3. The summed E-state index contributed by atoms with van der Waals surface area (Å²) in [6, 6.07) is 2.80. The van der Waals surface area contributed by atoms with Crippen LogP contribution in [0.15, 0.2) is 16.9 Å². The van der Waals surface area contributed by atoms with E-state index in [9.17, 15) is 9.59 Å². The van der Waals surface area contributed by atoms with E-state index in [0.29, 0.717) is 32.7 Å². The van der Waals surface area contributed by atoms with Gasteiger partial charge in [-0.2, -0.15) is 5.10 Å². The van der Waals surface area contributed by atoms with Gasteiger partial charge >= 0.3 is 0 Å². The summed E-state index contributed by atoms with van der Waals surface area (Å²) in [5.41, 5.74) is 0.0411. The standard InChI is InChI=1S/C14H23N3O4/c1-2-3-8-17-13(19)6-5-12(16-17)14(20)15-7-4-10-21-11-9-18/h5-6,18H,2-4,7-11H2,1H3,(H,15,20). The number of hydrogen-bond acceptors (Lipinski definition) is 5. The molecule has 0 spiro atoms. The van der Waals surface area contributed by atoms with Crippen LogP contribution < -0.4 is 10.9 Å².